The molecule has 0 unspecified atom stereocenters. The van der Waals surface area contributed by atoms with Crippen molar-refractivity contribution < 1.29 is 14.0 Å². The van der Waals surface area contributed by atoms with E-state index < -0.39 is 5.82 Å². The number of H-pyrrole nitrogens is 2. The molecule has 0 bridgehead atoms. The highest BCUT2D eigenvalue weighted by atomic mass is 32.1. The number of hydrogen-bond donors (Lipinski definition) is 3. The van der Waals surface area contributed by atoms with E-state index >= 15 is 4.39 Å². The summed E-state index contributed by atoms with van der Waals surface area (Å²) in [6.07, 6.45) is 7.01. The lowest BCUT2D eigenvalue weighted by Crippen LogP contribution is -2.11. The lowest BCUT2D eigenvalue weighted by molar-refractivity contribution is -0.116. The minimum atomic E-state index is -0.502. The first-order valence-corrected chi connectivity index (χ1v) is 13.6. The van der Waals surface area contributed by atoms with E-state index in [2.05, 4.69) is 35.5 Å². The molecule has 0 saturated carbocycles. The number of anilines is 1. The number of pyridine rings is 2. The molecule has 11 heteroatoms. The molecule has 0 atom stereocenters. The normalized spacial score (nSPS) is 11.4. The van der Waals surface area contributed by atoms with Crippen LogP contribution < -0.4 is 5.32 Å². The third-order valence-corrected chi connectivity index (χ3v) is 7.79. The van der Waals surface area contributed by atoms with Gasteiger partial charge in [-0.25, -0.2) is 14.4 Å². The molecule has 0 radical (unpaired) electrons. The van der Waals surface area contributed by atoms with E-state index in [1.54, 1.807) is 37.6 Å². The van der Waals surface area contributed by atoms with E-state index in [1.807, 2.05) is 25.1 Å². The number of nitrogens with one attached hydrogen (secondary N) is 3. The number of amides is 1. The van der Waals surface area contributed by atoms with Gasteiger partial charge in [0, 0.05) is 40.2 Å². The molecule has 0 saturated heterocycles. The van der Waals surface area contributed by atoms with E-state index in [0.29, 0.717) is 56.2 Å². The number of unbranched alkanes of at least 4 members (excludes halogenated alkanes) is 1. The van der Waals surface area contributed by atoms with Crippen LogP contribution in [0.15, 0.2) is 55.0 Å². The minimum absolute atomic E-state index is 0.00761. The number of carbonyl (C=O) groups is 2. The predicted molar refractivity (Wildman–Crippen MR) is 154 cm³/mol. The van der Waals surface area contributed by atoms with Crippen LogP contribution in [0.3, 0.4) is 0 Å². The maximum atomic E-state index is 15.2. The van der Waals surface area contributed by atoms with Crippen LogP contribution in [-0.2, 0) is 4.79 Å². The number of Topliss-reactive ketones (excluding diaryl/α,β-unsaturated/α-hetero) is 1. The van der Waals surface area contributed by atoms with Crippen molar-refractivity contribution in [2.75, 3.05) is 5.32 Å². The molecule has 40 heavy (non-hydrogen) atoms. The number of nitrogens with zero attached hydrogens (tertiary/aromatic N) is 4. The van der Waals surface area contributed by atoms with E-state index in [-0.39, 0.29) is 17.2 Å². The quantitative estimate of drug-likeness (QED) is 0.179. The number of fused-ring (bicyclic) bond motifs is 2. The van der Waals surface area contributed by atoms with Crippen LogP contribution in [0, 0.1) is 5.82 Å². The predicted octanol–water partition coefficient (Wildman–Crippen LogP) is 6.76. The van der Waals surface area contributed by atoms with Crippen LogP contribution >= 0.6 is 11.3 Å². The van der Waals surface area contributed by atoms with Crippen molar-refractivity contribution in [3.63, 3.8) is 0 Å². The Morgan fingerprint density at radius 1 is 1.10 bits per heavy atom. The molecule has 5 heterocycles. The number of hydrogen-bond acceptors (Lipinski definition) is 7. The summed E-state index contributed by atoms with van der Waals surface area (Å²) in [5.41, 5.74) is 4.50. The standard InChI is InChI=1S/C29H24FN7O2S/c1-3-4-5-24(39)33-18-10-17(13-31-14-18)16-11-20-25(21(30)12-16)36-37-27(20)29-34-26-19(8-9-32-28(26)35-29)23-7-6-22(40-23)15(2)38/h6-14H,3-5H2,1-2H3,(H,33,39)(H,36,37)(H,32,34,35). The zero-order valence-electron chi connectivity index (χ0n) is 21.7. The highest BCUT2D eigenvalue weighted by Gasteiger charge is 2.19. The number of benzene rings is 1. The second kappa shape index (κ2) is 10.4. The molecule has 0 fully saturated rings. The maximum Gasteiger partial charge on any atom is 0.224 e. The van der Waals surface area contributed by atoms with E-state index in [9.17, 15) is 9.59 Å². The lowest BCUT2D eigenvalue weighted by atomic mass is 10.0. The average Bonchev–Trinajstić information content (AvgIpc) is 3.70. The van der Waals surface area contributed by atoms with Crippen LogP contribution in [-0.4, -0.2) is 41.8 Å². The van der Waals surface area contributed by atoms with Gasteiger partial charge in [-0.3, -0.25) is 19.7 Å². The average molecular weight is 554 g/mol. The van der Waals surface area contributed by atoms with Crippen molar-refractivity contribution in [2.24, 2.45) is 0 Å². The summed E-state index contributed by atoms with van der Waals surface area (Å²) in [7, 11) is 0. The Morgan fingerprint density at radius 3 is 2.77 bits per heavy atom. The molecule has 0 aliphatic heterocycles. The summed E-state index contributed by atoms with van der Waals surface area (Å²) in [5.74, 6) is -0.129. The first kappa shape index (κ1) is 25.5. The van der Waals surface area contributed by atoms with Crippen molar-refractivity contribution in [1.29, 1.82) is 0 Å². The number of halogens is 1. The molecule has 0 aliphatic rings. The number of rotatable bonds is 8. The summed E-state index contributed by atoms with van der Waals surface area (Å²) in [6.45, 7) is 3.57. The summed E-state index contributed by atoms with van der Waals surface area (Å²) in [4.78, 5) is 42.2. The fraction of sp³-hybridized carbons (Fsp3) is 0.172. The molecule has 0 spiro atoms. The van der Waals surface area contributed by atoms with Crippen LogP contribution in [0.1, 0.15) is 42.8 Å². The van der Waals surface area contributed by atoms with Gasteiger partial charge < -0.3 is 10.3 Å². The van der Waals surface area contributed by atoms with Crippen LogP contribution in [0.5, 0.6) is 0 Å². The molecule has 3 N–H and O–H groups in total. The fourth-order valence-corrected chi connectivity index (χ4v) is 5.49. The molecular formula is C29H24FN7O2S. The van der Waals surface area contributed by atoms with Crippen molar-refractivity contribution in [3.05, 3.63) is 65.7 Å². The Hall–Kier alpha value is -4.77. The second-order valence-corrected chi connectivity index (χ2v) is 10.5. The van der Waals surface area contributed by atoms with Crippen LogP contribution in [0.2, 0.25) is 0 Å². The molecule has 5 aromatic heterocycles. The van der Waals surface area contributed by atoms with Gasteiger partial charge >= 0.3 is 0 Å². The SMILES string of the molecule is CCCCC(=O)Nc1cncc(-c2cc(F)c3n[nH]c(-c4nc5nccc(-c6ccc(C(C)=O)s6)c5[nH]4)c3c2)c1. The zero-order valence-corrected chi connectivity index (χ0v) is 22.5. The van der Waals surface area contributed by atoms with E-state index in [4.69, 9.17) is 0 Å². The smallest absolute Gasteiger partial charge is 0.224 e. The lowest BCUT2D eigenvalue weighted by Gasteiger charge is -2.08. The molecule has 6 rings (SSSR count). The fourth-order valence-electron chi connectivity index (χ4n) is 4.56. The third kappa shape index (κ3) is 4.75. The zero-order chi connectivity index (χ0) is 27.8. The first-order valence-electron chi connectivity index (χ1n) is 12.8. The number of imidazole rings is 1. The van der Waals surface area contributed by atoms with Crippen molar-refractivity contribution in [3.8, 4) is 33.1 Å². The third-order valence-electron chi connectivity index (χ3n) is 6.57. The van der Waals surface area contributed by atoms with E-state index in [1.165, 1.54) is 17.4 Å². The number of aromatic amines is 2. The topological polar surface area (TPSA) is 129 Å². The summed E-state index contributed by atoms with van der Waals surface area (Å²) < 4.78 is 15.2. The largest absolute Gasteiger partial charge is 0.335 e. The maximum absolute atomic E-state index is 15.2. The van der Waals surface area contributed by atoms with Crippen molar-refractivity contribution in [2.45, 2.75) is 33.1 Å². The second-order valence-electron chi connectivity index (χ2n) is 9.43. The van der Waals surface area contributed by atoms with Crippen LogP contribution in [0.4, 0.5) is 10.1 Å². The number of carbonyl (C=O) groups excluding carboxylic acids is 2. The van der Waals surface area contributed by atoms with Gasteiger partial charge in [0.25, 0.3) is 0 Å². The van der Waals surface area contributed by atoms with Gasteiger partial charge in [0.15, 0.2) is 23.1 Å². The van der Waals surface area contributed by atoms with Crippen molar-refractivity contribution >= 4 is 50.8 Å². The summed E-state index contributed by atoms with van der Waals surface area (Å²) in [6, 6.07) is 10.6. The van der Waals surface area contributed by atoms with Gasteiger partial charge in [-0.1, -0.05) is 13.3 Å². The van der Waals surface area contributed by atoms with Gasteiger partial charge in [0.1, 0.15) is 11.2 Å². The van der Waals surface area contributed by atoms with Gasteiger partial charge in [-0.2, -0.15) is 5.10 Å². The Morgan fingerprint density at radius 2 is 1.98 bits per heavy atom. The van der Waals surface area contributed by atoms with Gasteiger partial charge in [0.2, 0.25) is 5.91 Å². The Balaban J connectivity index is 1.39. The summed E-state index contributed by atoms with van der Waals surface area (Å²) in [5, 5.41) is 10.5. The molecule has 6 aromatic rings. The Kier molecular flexibility index (Phi) is 6.64. The minimum Gasteiger partial charge on any atom is -0.335 e. The van der Waals surface area contributed by atoms with E-state index in [0.717, 1.165) is 23.3 Å². The monoisotopic (exact) mass is 553 g/mol. The number of ketones is 1. The van der Waals surface area contributed by atoms with Crippen LogP contribution in [0.25, 0.3) is 55.2 Å². The molecule has 1 amide bonds. The highest BCUT2D eigenvalue weighted by molar-refractivity contribution is 7.17. The highest BCUT2D eigenvalue weighted by Crippen LogP contribution is 2.36. The molecule has 1 aromatic carbocycles. The Bertz CT molecular complexity index is 1910. The van der Waals surface area contributed by atoms with Gasteiger partial charge in [-0.15, -0.1) is 11.3 Å². The number of thiophene rings is 1. The van der Waals surface area contributed by atoms with Gasteiger partial charge in [0.05, 0.1) is 22.3 Å². The molecule has 200 valence electrons. The summed E-state index contributed by atoms with van der Waals surface area (Å²) >= 11 is 1.40. The molecular weight excluding hydrogens is 529 g/mol. The first-order chi connectivity index (χ1) is 19.4. The number of aromatic nitrogens is 6. The van der Waals surface area contributed by atoms with Gasteiger partial charge in [-0.05, 0) is 55.3 Å². The Labute approximate surface area is 231 Å². The molecule has 9 nitrogen and oxygen atoms in total. The molecule has 0 aliphatic carbocycles. The van der Waals surface area contributed by atoms with Crippen molar-refractivity contribution in [1.82, 2.24) is 30.1 Å².